The van der Waals surface area contributed by atoms with Gasteiger partial charge >= 0.3 is 5.97 Å². The molecule has 0 bridgehead atoms. The summed E-state index contributed by atoms with van der Waals surface area (Å²) in [6.45, 7) is 6.88. The third kappa shape index (κ3) is 4.55. The van der Waals surface area contributed by atoms with Crippen molar-refractivity contribution in [2.24, 2.45) is 0 Å². The molecule has 0 aromatic heterocycles. The number of carbonyl (C=O) groups is 1. The Hall–Kier alpha value is -1.88. The highest BCUT2D eigenvalue weighted by Gasteiger charge is 2.10. The van der Waals surface area contributed by atoms with Crippen molar-refractivity contribution in [3.05, 3.63) is 41.7 Å². The Morgan fingerprint density at radius 2 is 2.28 bits per heavy atom. The highest BCUT2D eigenvalue weighted by atomic mass is 19.1. The Morgan fingerprint density at radius 3 is 2.89 bits per heavy atom. The monoisotopic (exact) mass is 253 g/mol. The lowest BCUT2D eigenvalue weighted by Gasteiger charge is -2.10. The molecule has 0 radical (unpaired) electrons. The average Bonchev–Trinajstić information content (AvgIpc) is 2.29. The molecule has 0 spiro atoms. The van der Waals surface area contributed by atoms with Gasteiger partial charge in [-0.05, 0) is 25.1 Å². The van der Waals surface area contributed by atoms with Crippen molar-refractivity contribution >= 4 is 11.7 Å². The van der Waals surface area contributed by atoms with Crippen LogP contribution in [-0.4, -0.2) is 30.8 Å². The van der Waals surface area contributed by atoms with Crippen molar-refractivity contribution in [2.45, 2.75) is 6.92 Å². The summed E-state index contributed by atoms with van der Waals surface area (Å²) in [6.07, 6.45) is 0. The topological polar surface area (TPSA) is 58.6 Å². The summed E-state index contributed by atoms with van der Waals surface area (Å²) in [5.41, 5.74) is 1.21. The maximum Gasteiger partial charge on any atom is 0.337 e. The van der Waals surface area contributed by atoms with E-state index < -0.39 is 11.8 Å². The van der Waals surface area contributed by atoms with Crippen LogP contribution < -0.4 is 5.32 Å². The summed E-state index contributed by atoms with van der Waals surface area (Å²) in [6, 6.07) is 3.60. The average molecular weight is 253 g/mol. The number of hydrogen-bond acceptors (Lipinski definition) is 3. The van der Waals surface area contributed by atoms with Gasteiger partial charge in [0.05, 0.1) is 18.8 Å². The van der Waals surface area contributed by atoms with Gasteiger partial charge in [0.2, 0.25) is 0 Å². The number of anilines is 1. The fraction of sp³-hybridized carbons (Fsp3) is 0.308. The first-order valence-electron chi connectivity index (χ1n) is 5.49. The second-order valence-corrected chi connectivity index (χ2v) is 3.93. The van der Waals surface area contributed by atoms with Gasteiger partial charge in [-0.25, -0.2) is 9.18 Å². The van der Waals surface area contributed by atoms with Crippen LogP contribution in [0.4, 0.5) is 10.1 Å². The molecule has 2 N–H and O–H groups in total. The lowest BCUT2D eigenvalue weighted by molar-refractivity contribution is 0.0697. The molecule has 1 aromatic carbocycles. The number of benzene rings is 1. The molecule has 1 rings (SSSR count). The summed E-state index contributed by atoms with van der Waals surface area (Å²) in [5.74, 6) is -1.74. The van der Waals surface area contributed by atoms with E-state index in [9.17, 15) is 9.18 Å². The molecule has 0 unspecified atom stereocenters. The molecule has 4 nitrogen and oxygen atoms in total. The van der Waals surface area contributed by atoms with E-state index in [0.29, 0.717) is 25.4 Å². The molecule has 0 atom stereocenters. The van der Waals surface area contributed by atoms with Gasteiger partial charge in [-0.3, -0.25) is 0 Å². The summed E-state index contributed by atoms with van der Waals surface area (Å²) < 4.78 is 18.2. The highest BCUT2D eigenvalue weighted by Crippen LogP contribution is 2.16. The summed E-state index contributed by atoms with van der Waals surface area (Å²) in [7, 11) is 0. The van der Waals surface area contributed by atoms with Crippen molar-refractivity contribution in [3.8, 4) is 0 Å². The van der Waals surface area contributed by atoms with E-state index in [0.717, 1.165) is 11.6 Å². The third-order valence-corrected chi connectivity index (χ3v) is 2.12. The van der Waals surface area contributed by atoms with Gasteiger partial charge in [0.25, 0.3) is 0 Å². The van der Waals surface area contributed by atoms with Crippen molar-refractivity contribution < 1.29 is 19.0 Å². The lowest BCUT2D eigenvalue weighted by Crippen LogP contribution is -2.13. The number of rotatable bonds is 7. The predicted molar refractivity (Wildman–Crippen MR) is 67.5 cm³/mol. The Bertz CT molecular complexity index is 446. The third-order valence-electron chi connectivity index (χ3n) is 2.12. The van der Waals surface area contributed by atoms with Crippen LogP contribution in [0.5, 0.6) is 0 Å². The fourth-order valence-electron chi connectivity index (χ4n) is 1.35. The molecule has 0 saturated carbocycles. The maximum absolute atomic E-state index is 12.9. The Balaban J connectivity index is 2.51. The largest absolute Gasteiger partial charge is 0.478 e. The van der Waals surface area contributed by atoms with E-state index in [1.807, 2.05) is 6.92 Å². The van der Waals surface area contributed by atoms with Crippen LogP contribution in [0.15, 0.2) is 30.4 Å². The van der Waals surface area contributed by atoms with Gasteiger partial charge in [0.1, 0.15) is 5.82 Å². The van der Waals surface area contributed by atoms with Gasteiger partial charge in [0, 0.05) is 12.2 Å². The van der Waals surface area contributed by atoms with Crippen LogP contribution in [-0.2, 0) is 4.74 Å². The quantitative estimate of drug-likeness (QED) is 0.579. The number of carboxylic acids is 1. The molecule has 18 heavy (non-hydrogen) atoms. The number of ether oxygens (including phenoxy) is 1. The first kappa shape index (κ1) is 14.2. The second kappa shape index (κ2) is 6.76. The molecule has 0 saturated heterocycles. The van der Waals surface area contributed by atoms with E-state index >= 15 is 0 Å². The summed E-state index contributed by atoms with van der Waals surface area (Å²) in [4.78, 5) is 10.9. The maximum atomic E-state index is 12.9. The van der Waals surface area contributed by atoms with Crippen molar-refractivity contribution in [1.29, 1.82) is 0 Å². The SMILES string of the molecule is C=C(C)COCCNc1ccc(F)cc1C(=O)O. The first-order valence-corrected chi connectivity index (χ1v) is 5.49. The molecule has 0 fully saturated rings. The van der Waals surface area contributed by atoms with Crippen LogP contribution in [0.1, 0.15) is 17.3 Å². The van der Waals surface area contributed by atoms with E-state index in [2.05, 4.69) is 11.9 Å². The minimum atomic E-state index is -1.17. The minimum Gasteiger partial charge on any atom is -0.478 e. The Labute approximate surface area is 105 Å². The van der Waals surface area contributed by atoms with Crippen molar-refractivity contribution in [1.82, 2.24) is 0 Å². The lowest BCUT2D eigenvalue weighted by atomic mass is 10.1. The van der Waals surface area contributed by atoms with E-state index in [1.54, 1.807) is 0 Å². The zero-order chi connectivity index (χ0) is 13.5. The van der Waals surface area contributed by atoms with Gasteiger partial charge in [0.15, 0.2) is 0 Å². The van der Waals surface area contributed by atoms with E-state index in [1.165, 1.54) is 12.1 Å². The minimum absolute atomic E-state index is 0.0881. The molecule has 5 heteroatoms. The summed E-state index contributed by atoms with van der Waals surface area (Å²) in [5, 5.41) is 11.8. The van der Waals surface area contributed by atoms with Gasteiger partial charge in [-0.15, -0.1) is 0 Å². The smallest absolute Gasteiger partial charge is 0.337 e. The molecular weight excluding hydrogens is 237 g/mol. The first-order chi connectivity index (χ1) is 8.50. The summed E-state index contributed by atoms with van der Waals surface area (Å²) >= 11 is 0. The van der Waals surface area contributed by atoms with E-state index in [-0.39, 0.29) is 5.56 Å². The van der Waals surface area contributed by atoms with E-state index in [4.69, 9.17) is 9.84 Å². The zero-order valence-corrected chi connectivity index (χ0v) is 10.2. The van der Waals surface area contributed by atoms with Crippen LogP contribution in [0, 0.1) is 5.82 Å². The number of nitrogens with one attached hydrogen (secondary N) is 1. The molecule has 1 aromatic rings. The number of halogens is 1. The fourth-order valence-corrected chi connectivity index (χ4v) is 1.35. The predicted octanol–water partition coefficient (Wildman–Crippen LogP) is 2.53. The molecule has 0 amide bonds. The normalized spacial score (nSPS) is 10.1. The molecular formula is C13H16FNO3. The molecule has 0 aliphatic rings. The Morgan fingerprint density at radius 1 is 1.56 bits per heavy atom. The Kier molecular flexibility index (Phi) is 5.32. The van der Waals surface area contributed by atoms with Crippen LogP contribution in [0.3, 0.4) is 0 Å². The molecule has 0 aliphatic heterocycles. The molecule has 98 valence electrons. The van der Waals surface area contributed by atoms with Crippen molar-refractivity contribution in [3.63, 3.8) is 0 Å². The van der Waals surface area contributed by atoms with Crippen molar-refractivity contribution in [2.75, 3.05) is 25.1 Å². The second-order valence-electron chi connectivity index (χ2n) is 3.93. The molecule has 0 heterocycles. The zero-order valence-electron chi connectivity index (χ0n) is 10.2. The standard InChI is InChI=1S/C13H16FNO3/c1-9(2)8-18-6-5-15-12-4-3-10(14)7-11(12)13(16)17/h3-4,7,15H,1,5-6,8H2,2H3,(H,16,17). The number of aromatic carboxylic acids is 1. The molecule has 0 aliphatic carbocycles. The van der Waals surface area contributed by atoms with Crippen LogP contribution in [0.25, 0.3) is 0 Å². The van der Waals surface area contributed by atoms with Crippen LogP contribution >= 0.6 is 0 Å². The van der Waals surface area contributed by atoms with Gasteiger partial charge < -0.3 is 15.2 Å². The number of carboxylic acid groups (broad SMARTS) is 1. The number of hydrogen-bond donors (Lipinski definition) is 2. The van der Waals surface area contributed by atoms with Gasteiger partial charge in [-0.1, -0.05) is 12.2 Å². The van der Waals surface area contributed by atoms with Crippen LogP contribution in [0.2, 0.25) is 0 Å². The highest BCUT2D eigenvalue weighted by molar-refractivity contribution is 5.94. The van der Waals surface area contributed by atoms with Gasteiger partial charge in [-0.2, -0.15) is 0 Å².